The monoisotopic (exact) mass is 479 g/mol. The van der Waals surface area contributed by atoms with Gasteiger partial charge in [-0.25, -0.2) is 8.42 Å². The molecule has 0 amide bonds. The molecule has 0 radical (unpaired) electrons. The summed E-state index contributed by atoms with van der Waals surface area (Å²) in [5, 5.41) is 4.83. The van der Waals surface area contributed by atoms with Crippen molar-refractivity contribution in [2.75, 3.05) is 26.2 Å². The maximum Gasteiger partial charge on any atom is 0.243 e. The van der Waals surface area contributed by atoms with Crippen LogP contribution in [-0.2, 0) is 23.1 Å². The van der Waals surface area contributed by atoms with Crippen LogP contribution in [0.15, 0.2) is 77.7 Å². The lowest BCUT2D eigenvalue weighted by Crippen LogP contribution is -2.48. The summed E-state index contributed by atoms with van der Waals surface area (Å²) in [5.41, 5.74) is 8.13. The van der Waals surface area contributed by atoms with Crippen molar-refractivity contribution >= 4 is 43.2 Å². The number of hydrogen-bond acceptors (Lipinski definition) is 4. The predicted molar refractivity (Wildman–Crippen MR) is 135 cm³/mol. The minimum atomic E-state index is -3.53. The van der Waals surface area contributed by atoms with E-state index in [4.69, 9.17) is 17.3 Å². The predicted octanol–water partition coefficient (Wildman–Crippen LogP) is 4.61. The van der Waals surface area contributed by atoms with E-state index in [1.54, 1.807) is 22.5 Å². The summed E-state index contributed by atoms with van der Waals surface area (Å²) in [6.45, 7) is 3.68. The fourth-order valence-electron chi connectivity index (χ4n) is 4.46. The Bertz CT molecular complexity index is 1430. The zero-order valence-corrected chi connectivity index (χ0v) is 19.8. The van der Waals surface area contributed by atoms with Crippen LogP contribution in [0, 0.1) is 0 Å². The van der Waals surface area contributed by atoms with Crippen LogP contribution in [0.1, 0.15) is 11.1 Å². The average Bonchev–Trinajstić information content (AvgIpc) is 2.83. The molecule has 4 aromatic carbocycles. The first-order valence-corrected chi connectivity index (χ1v) is 12.9. The van der Waals surface area contributed by atoms with Crippen molar-refractivity contribution in [3.63, 3.8) is 0 Å². The molecule has 1 heterocycles. The molecule has 7 heteroatoms. The molecule has 1 aliphatic rings. The minimum absolute atomic E-state index is 0.330. The van der Waals surface area contributed by atoms with Gasteiger partial charge in [-0.2, -0.15) is 4.31 Å². The van der Waals surface area contributed by atoms with E-state index >= 15 is 0 Å². The summed E-state index contributed by atoms with van der Waals surface area (Å²) in [6.07, 6.45) is 0. The number of halogens is 1. The molecule has 5 nitrogen and oxygen atoms in total. The Labute approximate surface area is 199 Å². The van der Waals surface area contributed by atoms with E-state index in [9.17, 15) is 8.42 Å². The van der Waals surface area contributed by atoms with E-state index in [0.29, 0.717) is 42.6 Å². The summed E-state index contributed by atoms with van der Waals surface area (Å²) in [4.78, 5) is 2.64. The molecule has 0 unspecified atom stereocenters. The van der Waals surface area contributed by atoms with Crippen molar-refractivity contribution in [1.29, 1.82) is 0 Å². The average molecular weight is 480 g/mol. The second kappa shape index (κ2) is 9.05. The third-order valence-corrected chi connectivity index (χ3v) is 8.48. The van der Waals surface area contributed by atoms with Gasteiger partial charge < -0.3 is 5.73 Å². The summed E-state index contributed by atoms with van der Waals surface area (Å²) in [7, 11) is -3.53. The summed E-state index contributed by atoms with van der Waals surface area (Å²) in [6, 6.07) is 23.5. The van der Waals surface area contributed by atoms with Gasteiger partial charge >= 0.3 is 0 Å². The molecular weight excluding hydrogens is 454 g/mol. The van der Waals surface area contributed by atoms with Crippen molar-refractivity contribution in [3.05, 3.63) is 88.9 Å². The quantitative estimate of drug-likeness (QED) is 0.454. The van der Waals surface area contributed by atoms with Crippen LogP contribution in [-0.4, -0.2) is 43.8 Å². The van der Waals surface area contributed by atoms with E-state index in [-0.39, 0.29) is 0 Å². The van der Waals surface area contributed by atoms with Gasteiger partial charge in [0.15, 0.2) is 0 Å². The lowest BCUT2D eigenvalue weighted by molar-refractivity contribution is 0.181. The van der Waals surface area contributed by atoms with Gasteiger partial charge in [0.25, 0.3) is 0 Å². The van der Waals surface area contributed by atoms with Gasteiger partial charge in [-0.15, -0.1) is 0 Å². The van der Waals surface area contributed by atoms with Gasteiger partial charge in [-0.3, -0.25) is 4.90 Å². The first-order chi connectivity index (χ1) is 15.9. The van der Waals surface area contributed by atoms with Crippen molar-refractivity contribution in [2.45, 2.75) is 18.0 Å². The van der Waals surface area contributed by atoms with Crippen molar-refractivity contribution in [1.82, 2.24) is 9.21 Å². The van der Waals surface area contributed by atoms with E-state index in [1.807, 2.05) is 18.2 Å². The number of sulfonamides is 1. The molecule has 1 fully saturated rings. The molecule has 0 saturated carbocycles. The molecule has 1 saturated heterocycles. The van der Waals surface area contributed by atoms with Crippen LogP contribution in [0.5, 0.6) is 0 Å². The highest BCUT2D eigenvalue weighted by Gasteiger charge is 2.28. The van der Waals surface area contributed by atoms with Crippen molar-refractivity contribution < 1.29 is 8.42 Å². The van der Waals surface area contributed by atoms with Gasteiger partial charge in [0.1, 0.15) is 0 Å². The Morgan fingerprint density at radius 3 is 2.12 bits per heavy atom. The smallest absolute Gasteiger partial charge is 0.243 e. The van der Waals surface area contributed by atoms with Crippen molar-refractivity contribution in [3.8, 4) is 0 Å². The van der Waals surface area contributed by atoms with Gasteiger partial charge in [0.05, 0.1) is 4.90 Å². The largest absolute Gasteiger partial charge is 0.326 e. The Balaban J connectivity index is 1.27. The first kappa shape index (κ1) is 22.3. The lowest BCUT2D eigenvalue weighted by atomic mass is 10.0. The molecule has 1 aliphatic heterocycles. The molecule has 5 rings (SSSR count). The third-order valence-electron chi connectivity index (χ3n) is 6.35. The summed E-state index contributed by atoms with van der Waals surface area (Å²) >= 11 is 6.05. The van der Waals surface area contributed by atoms with Gasteiger partial charge in [-0.05, 0) is 69.1 Å². The zero-order valence-electron chi connectivity index (χ0n) is 18.2. The SMILES string of the molecule is NCc1ccc2ccc(CN3CCN(S(=O)(=O)c4ccc5cc(Cl)ccc5c4)CC3)cc2c1. The van der Waals surface area contributed by atoms with Crippen LogP contribution >= 0.6 is 11.6 Å². The highest BCUT2D eigenvalue weighted by molar-refractivity contribution is 7.89. The zero-order chi connectivity index (χ0) is 23.0. The number of rotatable bonds is 5. The highest BCUT2D eigenvalue weighted by Crippen LogP contribution is 2.26. The Kier molecular flexibility index (Phi) is 6.12. The first-order valence-electron chi connectivity index (χ1n) is 11.1. The lowest BCUT2D eigenvalue weighted by Gasteiger charge is -2.34. The number of hydrogen-bond donors (Lipinski definition) is 1. The third kappa shape index (κ3) is 4.63. The van der Waals surface area contributed by atoms with Crippen LogP contribution in [0.25, 0.3) is 21.5 Å². The fourth-order valence-corrected chi connectivity index (χ4v) is 6.10. The molecular formula is C26H26ClN3O2S. The highest BCUT2D eigenvalue weighted by atomic mass is 35.5. The molecule has 0 aliphatic carbocycles. The number of nitrogens with zero attached hydrogens (tertiary/aromatic N) is 2. The molecule has 0 aromatic heterocycles. The van der Waals surface area contributed by atoms with Gasteiger partial charge in [0, 0.05) is 44.3 Å². The van der Waals surface area contributed by atoms with Crippen LogP contribution in [0.2, 0.25) is 5.02 Å². The van der Waals surface area contributed by atoms with Crippen molar-refractivity contribution in [2.24, 2.45) is 5.73 Å². The molecule has 0 atom stereocenters. The molecule has 0 spiro atoms. The Morgan fingerprint density at radius 2 is 1.36 bits per heavy atom. The second-order valence-corrected chi connectivity index (χ2v) is 10.9. The number of fused-ring (bicyclic) bond motifs is 2. The molecule has 2 N–H and O–H groups in total. The van der Waals surface area contributed by atoms with Gasteiger partial charge in [-0.1, -0.05) is 48.0 Å². The van der Waals surface area contributed by atoms with E-state index in [0.717, 1.165) is 22.9 Å². The standard InChI is InChI=1S/C26H26ClN3O2S/c27-25-7-5-23-16-26(8-6-22(23)15-25)33(31,32)30-11-9-29(10-12-30)18-20-2-4-21-3-1-19(17-28)13-24(21)14-20/h1-8,13-16H,9-12,17-18,28H2. The normalized spacial score (nSPS) is 15.9. The maximum absolute atomic E-state index is 13.2. The van der Waals surface area contributed by atoms with E-state index in [1.165, 1.54) is 16.3 Å². The maximum atomic E-state index is 13.2. The molecule has 170 valence electrons. The second-order valence-electron chi connectivity index (χ2n) is 8.55. The van der Waals surface area contributed by atoms with E-state index in [2.05, 4.69) is 41.3 Å². The Morgan fingerprint density at radius 1 is 0.727 bits per heavy atom. The van der Waals surface area contributed by atoms with Crippen LogP contribution in [0.3, 0.4) is 0 Å². The number of nitrogens with two attached hydrogens (primary N) is 1. The molecule has 33 heavy (non-hydrogen) atoms. The molecule has 4 aromatic rings. The fraction of sp³-hybridized carbons (Fsp3) is 0.231. The molecule has 0 bridgehead atoms. The van der Waals surface area contributed by atoms with Gasteiger partial charge in [0.2, 0.25) is 10.0 Å². The topological polar surface area (TPSA) is 66.6 Å². The minimum Gasteiger partial charge on any atom is -0.326 e. The summed E-state index contributed by atoms with van der Waals surface area (Å²) in [5.74, 6) is 0. The Hall–Kier alpha value is -2.48. The van der Waals surface area contributed by atoms with E-state index < -0.39 is 10.0 Å². The summed E-state index contributed by atoms with van der Waals surface area (Å²) < 4.78 is 28.1. The van der Waals surface area contributed by atoms with Crippen LogP contribution < -0.4 is 5.73 Å². The number of benzene rings is 4. The number of piperazine rings is 1. The van der Waals surface area contributed by atoms with Crippen LogP contribution in [0.4, 0.5) is 0 Å².